The first-order valence-electron chi connectivity index (χ1n) is 10.6. The van der Waals surface area contributed by atoms with E-state index in [1.54, 1.807) is 5.57 Å². The highest BCUT2D eigenvalue weighted by molar-refractivity contribution is 5.26. The van der Waals surface area contributed by atoms with Crippen molar-refractivity contribution in [3.8, 4) is 0 Å². The van der Waals surface area contributed by atoms with Gasteiger partial charge in [-0.25, -0.2) is 0 Å². The third-order valence-electron chi connectivity index (χ3n) is 9.17. The van der Waals surface area contributed by atoms with Crippen molar-refractivity contribution in [3.05, 3.63) is 11.6 Å². The SMILES string of the molecule is CN[C@@H]1CC[C@]2(C)C(=CC[C@@H]3[C@H]4CC[C@@H]([C@@H](C)O)[C@]4(CO)CC[C@H]32)C1. The molecule has 0 aromatic rings. The van der Waals surface area contributed by atoms with Crippen LogP contribution in [0.3, 0.4) is 0 Å². The lowest BCUT2D eigenvalue weighted by Gasteiger charge is -2.58. The highest BCUT2D eigenvalue weighted by Crippen LogP contribution is 2.66. The molecule has 25 heavy (non-hydrogen) atoms. The average molecular weight is 348 g/mol. The lowest BCUT2D eigenvalue weighted by Crippen LogP contribution is -2.53. The molecule has 0 radical (unpaired) electrons. The van der Waals surface area contributed by atoms with Crippen LogP contribution in [0, 0.1) is 34.5 Å². The van der Waals surface area contributed by atoms with E-state index in [1.165, 1.54) is 38.5 Å². The summed E-state index contributed by atoms with van der Waals surface area (Å²) in [7, 11) is 2.10. The molecule has 0 spiro atoms. The maximum Gasteiger partial charge on any atom is 0.0546 e. The predicted octanol–water partition coefficient (Wildman–Crippen LogP) is 3.51. The first kappa shape index (κ1) is 18.0. The van der Waals surface area contributed by atoms with Crippen LogP contribution >= 0.6 is 0 Å². The topological polar surface area (TPSA) is 52.5 Å². The van der Waals surface area contributed by atoms with Crippen LogP contribution in [0.4, 0.5) is 0 Å². The summed E-state index contributed by atoms with van der Waals surface area (Å²) in [5, 5.41) is 24.2. The van der Waals surface area contributed by atoms with Crippen molar-refractivity contribution in [2.45, 2.75) is 77.4 Å². The molecule has 0 amide bonds. The number of hydrogen-bond donors (Lipinski definition) is 3. The molecule has 0 aliphatic heterocycles. The number of hydrogen-bond acceptors (Lipinski definition) is 3. The van der Waals surface area contributed by atoms with Gasteiger partial charge in [0.2, 0.25) is 0 Å². The van der Waals surface area contributed by atoms with E-state index in [9.17, 15) is 10.2 Å². The minimum Gasteiger partial charge on any atom is -0.396 e. The first-order chi connectivity index (χ1) is 12.0. The zero-order valence-electron chi connectivity index (χ0n) is 16.3. The van der Waals surface area contributed by atoms with Crippen LogP contribution in [-0.4, -0.2) is 36.0 Å². The van der Waals surface area contributed by atoms with Gasteiger partial charge in [-0.1, -0.05) is 18.6 Å². The molecule has 3 N–H and O–H groups in total. The summed E-state index contributed by atoms with van der Waals surface area (Å²) in [6, 6.07) is 0.655. The lowest BCUT2D eigenvalue weighted by atomic mass is 9.47. The van der Waals surface area contributed by atoms with Crippen LogP contribution in [-0.2, 0) is 0 Å². The fraction of sp³-hybridized carbons (Fsp3) is 0.909. The van der Waals surface area contributed by atoms with E-state index in [2.05, 4.69) is 25.4 Å². The third kappa shape index (κ3) is 2.49. The Morgan fingerprint density at radius 2 is 2.00 bits per heavy atom. The molecule has 0 saturated heterocycles. The quantitative estimate of drug-likeness (QED) is 0.685. The lowest BCUT2D eigenvalue weighted by molar-refractivity contribution is -0.0972. The zero-order chi connectivity index (χ0) is 17.8. The van der Waals surface area contributed by atoms with Gasteiger partial charge in [0.1, 0.15) is 0 Å². The maximum absolute atomic E-state index is 10.4. The second kappa shape index (κ2) is 6.35. The average Bonchev–Trinajstić information content (AvgIpc) is 3.01. The van der Waals surface area contributed by atoms with Gasteiger partial charge < -0.3 is 15.5 Å². The molecule has 4 rings (SSSR count). The van der Waals surface area contributed by atoms with Crippen molar-refractivity contribution in [2.24, 2.45) is 34.5 Å². The molecule has 0 heterocycles. The summed E-state index contributed by atoms with van der Waals surface area (Å²) >= 11 is 0. The molecule has 3 nitrogen and oxygen atoms in total. The smallest absolute Gasteiger partial charge is 0.0546 e. The number of aliphatic hydroxyl groups is 2. The predicted molar refractivity (Wildman–Crippen MR) is 101 cm³/mol. The zero-order valence-corrected chi connectivity index (χ0v) is 16.3. The normalized spacial score (nSPS) is 50.4. The van der Waals surface area contributed by atoms with Crippen LogP contribution in [0.25, 0.3) is 0 Å². The minimum absolute atomic E-state index is 0.0147. The Bertz CT molecular complexity index is 544. The van der Waals surface area contributed by atoms with Gasteiger partial charge >= 0.3 is 0 Å². The summed E-state index contributed by atoms with van der Waals surface area (Å²) < 4.78 is 0. The molecule has 3 fully saturated rings. The second-order valence-electron chi connectivity index (χ2n) is 9.84. The van der Waals surface area contributed by atoms with Crippen molar-refractivity contribution < 1.29 is 10.2 Å². The fourth-order valence-corrected chi connectivity index (χ4v) is 7.79. The van der Waals surface area contributed by atoms with E-state index in [4.69, 9.17) is 0 Å². The van der Waals surface area contributed by atoms with Gasteiger partial charge in [0.25, 0.3) is 0 Å². The molecule has 0 unspecified atom stereocenters. The highest BCUT2D eigenvalue weighted by atomic mass is 16.3. The molecule has 0 bridgehead atoms. The summed E-state index contributed by atoms with van der Waals surface area (Å²) in [5.41, 5.74) is 2.07. The molecule has 8 atom stereocenters. The Balaban J connectivity index is 1.64. The maximum atomic E-state index is 10.4. The molecule has 3 saturated carbocycles. The van der Waals surface area contributed by atoms with E-state index in [-0.39, 0.29) is 18.1 Å². The van der Waals surface area contributed by atoms with Crippen molar-refractivity contribution >= 4 is 0 Å². The monoisotopic (exact) mass is 347 g/mol. The first-order valence-corrected chi connectivity index (χ1v) is 10.6. The van der Waals surface area contributed by atoms with Gasteiger partial charge in [-0.05, 0) is 94.4 Å². The van der Waals surface area contributed by atoms with E-state index < -0.39 is 0 Å². The largest absolute Gasteiger partial charge is 0.396 e. The molecular formula is C22H37NO2. The van der Waals surface area contributed by atoms with E-state index in [1.807, 2.05) is 6.92 Å². The number of aliphatic hydroxyl groups excluding tert-OH is 2. The van der Waals surface area contributed by atoms with Gasteiger partial charge in [-0.2, -0.15) is 0 Å². The van der Waals surface area contributed by atoms with Crippen molar-refractivity contribution in [1.29, 1.82) is 0 Å². The summed E-state index contributed by atoms with van der Waals surface area (Å²) in [4.78, 5) is 0. The minimum atomic E-state index is -0.287. The van der Waals surface area contributed by atoms with Crippen molar-refractivity contribution in [3.63, 3.8) is 0 Å². The Morgan fingerprint density at radius 3 is 2.68 bits per heavy atom. The van der Waals surface area contributed by atoms with Crippen molar-refractivity contribution in [1.82, 2.24) is 5.32 Å². The molecule has 142 valence electrons. The molecule has 4 aliphatic rings. The Hall–Kier alpha value is -0.380. The van der Waals surface area contributed by atoms with Gasteiger partial charge in [0.15, 0.2) is 0 Å². The standard InChI is InChI=1S/C22H37NO2/c1-14(25)18-6-7-20-17-5-4-15-12-16(23-3)8-10-21(15,2)19(17)9-11-22(18,20)13-24/h4,14,16-20,23-25H,5-13H2,1-3H3/t14-,16-,17+,18+,19-,20-,21-,22-/m1/s1. The summed E-state index contributed by atoms with van der Waals surface area (Å²) in [6.07, 6.45) is 12.0. The van der Waals surface area contributed by atoms with E-state index in [0.29, 0.717) is 29.2 Å². The molecular weight excluding hydrogens is 310 g/mol. The van der Waals surface area contributed by atoms with Crippen LogP contribution in [0.5, 0.6) is 0 Å². The van der Waals surface area contributed by atoms with Crippen LogP contribution in [0.15, 0.2) is 11.6 Å². The Labute approximate surface area is 153 Å². The highest BCUT2D eigenvalue weighted by Gasteiger charge is 2.60. The fourth-order valence-electron chi connectivity index (χ4n) is 7.79. The Kier molecular flexibility index (Phi) is 4.57. The Morgan fingerprint density at radius 1 is 1.20 bits per heavy atom. The number of nitrogens with one attached hydrogen (secondary N) is 1. The molecule has 0 aromatic carbocycles. The number of fused-ring (bicyclic) bond motifs is 5. The number of rotatable bonds is 3. The van der Waals surface area contributed by atoms with Gasteiger partial charge in [0.05, 0.1) is 6.10 Å². The number of allylic oxidation sites excluding steroid dienone is 1. The van der Waals surface area contributed by atoms with Gasteiger partial charge in [-0.15, -0.1) is 0 Å². The summed E-state index contributed by atoms with van der Waals surface area (Å²) in [6.45, 7) is 4.75. The van der Waals surface area contributed by atoms with E-state index >= 15 is 0 Å². The van der Waals surface area contributed by atoms with E-state index in [0.717, 1.165) is 18.8 Å². The molecule has 0 aromatic heterocycles. The van der Waals surface area contributed by atoms with Crippen LogP contribution in [0.2, 0.25) is 0 Å². The van der Waals surface area contributed by atoms with Crippen LogP contribution < -0.4 is 5.32 Å². The second-order valence-corrected chi connectivity index (χ2v) is 9.84. The third-order valence-corrected chi connectivity index (χ3v) is 9.17. The van der Waals surface area contributed by atoms with Gasteiger partial charge in [0, 0.05) is 18.1 Å². The molecule has 3 heteroatoms. The van der Waals surface area contributed by atoms with Gasteiger partial charge in [-0.3, -0.25) is 0 Å². The van der Waals surface area contributed by atoms with Crippen LogP contribution in [0.1, 0.15) is 65.2 Å². The summed E-state index contributed by atoms with van der Waals surface area (Å²) in [5.74, 6) is 2.39. The van der Waals surface area contributed by atoms with Crippen molar-refractivity contribution in [2.75, 3.05) is 13.7 Å². The molecule has 4 aliphatic carbocycles.